The Morgan fingerprint density at radius 2 is 2.17 bits per heavy atom. The molecule has 2 heterocycles. The molecule has 0 saturated carbocycles. The van der Waals surface area contributed by atoms with E-state index in [1.54, 1.807) is 24.5 Å². The van der Waals surface area contributed by atoms with E-state index in [9.17, 15) is 0 Å². The molecule has 0 saturated heterocycles. The summed E-state index contributed by atoms with van der Waals surface area (Å²) in [6, 6.07) is 3.40. The highest BCUT2D eigenvalue weighted by Crippen LogP contribution is 2.06. The van der Waals surface area contributed by atoms with Crippen molar-refractivity contribution in [1.82, 2.24) is 19.9 Å². The van der Waals surface area contributed by atoms with Crippen molar-refractivity contribution in [2.75, 3.05) is 0 Å². The predicted molar refractivity (Wildman–Crippen MR) is 41.9 cm³/mol. The molecule has 0 aliphatic carbocycles. The van der Waals surface area contributed by atoms with Crippen molar-refractivity contribution in [3.63, 3.8) is 0 Å². The first-order chi connectivity index (χ1) is 5.97. The fraction of sp³-hybridized carbons (Fsp3) is 0. The van der Waals surface area contributed by atoms with Gasteiger partial charge in [0.1, 0.15) is 12.0 Å². The first-order valence-electron chi connectivity index (χ1n) is 3.42. The van der Waals surface area contributed by atoms with Crippen LogP contribution in [0.15, 0.2) is 30.9 Å². The van der Waals surface area contributed by atoms with Crippen LogP contribution >= 0.6 is 0 Å². The van der Waals surface area contributed by atoms with Gasteiger partial charge in [-0.1, -0.05) is 0 Å². The first-order valence-corrected chi connectivity index (χ1v) is 3.42. The number of aromatic nitrogens is 4. The first kappa shape index (κ1) is 6.84. The summed E-state index contributed by atoms with van der Waals surface area (Å²) >= 11 is 0. The molecule has 0 unspecified atom stereocenters. The molecule has 0 fully saturated rings. The molecule has 0 N–H and O–H groups in total. The zero-order valence-electron chi connectivity index (χ0n) is 6.18. The maximum absolute atomic E-state index is 4.02. The van der Waals surface area contributed by atoms with Gasteiger partial charge < -0.3 is 0 Å². The second kappa shape index (κ2) is 3.04. The van der Waals surface area contributed by atoms with Gasteiger partial charge in [0.2, 0.25) is 0 Å². The lowest BCUT2D eigenvalue weighted by molar-refractivity contribution is 1.10. The molecule has 2 rings (SSSR count). The van der Waals surface area contributed by atoms with Crippen molar-refractivity contribution in [1.29, 1.82) is 0 Å². The highest BCUT2D eigenvalue weighted by Gasteiger charge is 1.98. The van der Waals surface area contributed by atoms with Crippen LogP contribution in [-0.4, -0.2) is 19.9 Å². The Hall–Kier alpha value is -1.84. The van der Waals surface area contributed by atoms with Crippen molar-refractivity contribution in [3.05, 3.63) is 37.1 Å². The fourth-order valence-corrected chi connectivity index (χ4v) is 0.815. The SMILES string of the molecule is [c]1ccnc(-c2ccncn2)n1. The van der Waals surface area contributed by atoms with E-state index in [-0.39, 0.29) is 0 Å². The van der Waals surface area contributed by atoms with E-state index in [2.05, 4.69) is 26.1 Å². The molecular formula is C8H5N4. The Morgan fingerprint density at radius 3 is 2.83 bits per heavy atom. The van der Waals surface area contributed by atoms with E-state index in [1.807, 2.05) is 0 Å². The molecule has 0 bridgehead atoms. The summed E-state index contributed by atoms with van der Waals surface area (Å²) in [4.78, 5) is 15.7. The highest BCUT2D eigenvalue weighted by atomic mass is 14.9. The van der Waals surface area contributed by atoms with Gasteiger partial charge in [0.05, 0.1) is 6.20 Å². The second-order valence-corrected chi connectivity index (χ2v) is 2.10. The number of nitrogens with zero attached hydrogens (tertiary/aromatic N) is 4. The monoisotopic (exact) mass is 157 g/mol. The van der Waals surface area contributed by atoms with Gasteiger partial charge in [-0.15, -0.1) is 0 Å². The largest absolute Gasteiger partial charge is 0.245 e. The van der Waals surface area contributed by atoms with Crippen molar-refractivity contribution in [3.8, 4) is 11.5 Å². The van der Waals surface area contributed by atoms with E-state index in [1.165, 1.54) is 6.33 Å². The molecule has 0 aromatic carbocycles. The smallest absolute Gasteiger partial charge is 0.178 e. The lowest BCUT2D eigenvalue weighted by Gasteiger charge is -1.94. The minimum atomic E-state index is 0.569. The number of hydrogen-bond acceptors (Lipinski definition) is 4. The fourth-order valence-electron chi connectivity index (χ4n) is 0.815. The standard InChI is InChI=1S/C8H5N4/c1-3-10-8(11-4-1)7-2-5-9-6-12-7/h1-3,5-6H. The van der Waals surface area contributed by atoms with Gasteiger partial charge in [0.15, 0.2) is 5.82 Å². The van der Waals surface area contributed by atoms with Crippen LogP contribution in [0.2, 0.25) is 0 Å². The number of rotatable bonds is 1. The normalized spacial score (nSPS) is 9.67. The van der Waals surface area contributed by atoms with Crippen molar-refractivity contribution in [2.45, 2.75) is 0 Å². The molecule has 2 aromatic rings. The van der Waals surface area contributed by atoms with E-state index in [0.29, 0.717) is 11.5 Å². The van der Waals surface area contributed by atoms with E-state index >= 15 is 0 Å². The summed E-state index contributed by atoms with van der Waals surface area (Å²) in [5.74, 6) is 0.569. The third-order valence-corrected chi connectivity index (χ3v) is 1.33. The summed E-state index contributed by atoms with van der Waals surface area (Å²) in [5.41, 5.74) is 0.710. The summed E-state index contributed by atoms with van der Waals surface area (Å²) < 4.78 is 0. The van der Waals surface area contributed by atoms with E-state index in [4.69, 9.17) is 0 Å². The Morgan fingerprint density at radius 1 is 1.17 bits per heavy atom. The summed E-state index contributed by atoms with van der Waals surface area (Å²) in [6.07, 6.45) is 7.43. The van der Waals surface area contributed by atoms with Gasteiger partial charge >= 0.3 is 0 Å². The van der Waals surface area contributed by atoms with Crippen molar-refractivity contribution in [2.24, 2.45) is 0 Å². The van der Waals surface area contributed by atoms with Crippen LogP contribution < -0.4 is 0 Å². The molecule has 4 heteroatoms. The molecule has 1 radical (unpaired) electrons. The lowest BCUT2D eigenvalue weighted by Crippen LogP contribution is -1.89. The Balaban J connectivity index is 2.46. The van der Waals surface area contributed by atoms with Gasteiger partial charge in [-0.2, -0.15) is 0 Å². The molecule has 0 aliphatic heterocycles. The topological polar surface area (TPSA) is 51.6 Å². The molecule has 12 heavy (non-hydrogen) atoms. The van der Waals surface area contributed by atoms with Crippen molar-refractivity contribution < 1.29 is 0 Å². The molecule has 0 amide bonds. The maximum Gasteiger partial charge on any atom is 0.178 e. The van der Waals surface area contributed by atoms with Crippen LogP contribution in [0.3, 0.4) is 0 Å². The average molecular weight is 157 g/mol. The Labute approximate surface area is 69.4 Å². The molecule has 4 nitrogen and oxygen atoms in total. The van der Waals surface area contributed by atoms with Gasteiger partial charge in [-0.25, -0.2) is 19.9 Å². The molecule has 2 aromatic heterocycles. The highest BCUT2D eigenvalue weighted by molar-refractivity contribution is 5.46. The minimum Gasteiger partial charge on any atom is -0.245 e. The van der Waals surface area contributed by atoms with Crippen LogP contribution in [0, 0.1) is 6.20 Å². The number of hydrogen-bond donors (Lipinski definition) is 0. The quantitative estimate of drug-likeness (QED) is 0.612. The molecular weight excluding hydrogens is 152 g/mol. The minimum absolute atomic E-state index is 0.569. The van der Waals surface area contributed by atoms with Crippen molar-refractivity contribution >= 4 is 0 Å². The Bertz CT molecular complexity index is 308. The van der Waals surface area contributed by atoms with E-state index < -0.39 is 0 Å². The van der Waals surface area contributed by atoms with Crippen LogP contribution in [0.5, 0.6) is 0 Å². The maximum atomic E-state index is 4.02. The summed E-state index contributed by atoms with van der Waals surface area (Å²) in [5, 5.41) is 0. The molecule has 57 valence electrons. The van der Waals surface area contributed by atoms with E-state index in [0.717, 1.165) is 0 Å². The van der Waals surface area contributed by atoms with Gasteiger partial charge in [0, 0.05) is 12.4 Å². The molecule has 0 aliphatic rings. The predicted octanol–water partition coefficient (Wildman–Crippen LogP) is 0.734. The zero-order chi connectivity index (χ0) is 8.23. The van der Waals surface area contributed by atoms with Crippen LogP contribution in [0.4, 0.5) is 0 Å². The third-order valence-electron chi connectivity index (χ3n) is 1.33. The lowest BCUT2D eigenvalue weighted by atomic mass is 10.4. The third kappa shape index (κ3) is 1.27. The molecule has 0 spiro atoms. The van der Waals surface area contributed by atoms with Crippen LogP contribution in [0.25, 0.3) is 11.5 Å². The second-order valence-electron chi connectivity index (χ2n) is 2.10. The van der Waals surface area contributed by atoms with Gasteiger partial charge in [0.25, 0.3) is 0 Å². The average Bonchev–Trinajstić information content (AvgIpc) is 2.21. The van der Waals surface area contributed by atoms with Gasteiger partial charge in [-0.05, 0) is 12.1 Å². The van der Waals surface area contributed by atoms with Crippen LogP contribution in [0.1, 0.15) is 0 Å². The zero-order valence-corrected chi connectivity index (χ0v) is 6.18. The van der Waals surface area contributed by atoms with Gasteiger partial charge in [-0.3, -0.25) is 0 Å². The Kier molecular flexibility index (Phi) is 1.74. The summed E-state index contributed by atoms with van der Waals surface area (Å²) in [7, 11) is 0. The summed E-state index contributed by atoms with van der Waals surface area (Å²) in [6.45, 7) is 0. The molecule has 0 atom stereocenters. The van der Waals surface area contributed by atoms with Crippen LogP contribution in [-0.2, 0) is 0 Å².